The van der Waals surface area contributed by atoms with Gasteiger partial charge in [-0.3, -0.25) is 10.1 Å². The first kappa shape index (κ1) is 10.5. The molecule has 0 saturated carbocycles. The Labute approximate surface area is 82.7 Å². The van der Waals surface area contributed by atoms with Gasteiger partial charge in [0.15, 0.2) is 0 Å². The molecule has 0 spiro atoms. The molecule has 0 aliphatic heterocycles. The lowest BCUT2D eigenvalue weighted by atomic mass is 10.2. The summed E-state index contributed by atoms with van der Waals surface area (Å²) < 4.78 is 5.36. The van der Waals surface area contributed by atoms with Crippen LogP contribution in [0.15, 0.2) is 36.3 Å². The lowest BCUT2D eigenvalue weighted by Gasteiger charge is -2.13. The lowest BCUT2D eigenvalue weighted by molar-refractivity contribution is -0.428. The average Bonchev–Trinajstić information content (AvgIpc) is 2.28. The van der Waals surface area contributed by atoms with Gasteiger partial charge in [0.25, 0.3) is 0 Å². The second-order valence-corrected chi connectivity index (χ2v) is 3.20. The minimum atomic E-state index is -0.354. The summed E-state index contributed by atoms with van der Waals surface area (Å²) in [5.74, 6) is 0.629. The molecule has 14 heavy (non-hydrogen) atoms. The Hall–Kier alpha value is -1.58. The fraction of sp³-hybridized carbons (Fsp3) is 0.400. The van der Waals surface area contributed by atoms with Gasteiger partial charge >= 0.3 is 0 Å². The van der Waals surface area contributed by atoms with Crippen molar-refractivity contribution in [3.63, 3.8) is 0 Å². The smallest absolute Gasteiger partial charge is 0.246 e. The second-order valence-electron chi connectivity index (χ2n) is 3.20. The summed E-state index contributed by atoms with van der Waals surface area (Å²) >= 11 is 0. The Kier molecular flexibility index (Phi) is 3.45. The number of nitro groups is 1. The first-order valence-electron chi connectivity index (χ1n) is 4.43. The van der Waals surface area contributed by atoms with Crippen LogP contribution in [-0.4, -0.2) is 11.0 Å². The van der Waals surface area contributed by atoms with Gasteiger partial charge in [0.05, 0.1) is 10.7 Å². The summed E-state index contributed by atoms with van der Waals surface area (Å²) in [4.78, 5) is 10.1. The van der Waals surface area contributed by atoms with E-state index in [2.05, 4.69) is 6.58 Å². The van der Waals surface area contributed by atoms with Crippen LogP contribution in [0.3, 0.4) is 0 Å². The van der Waals surface area contributed by atoms with E-state index in [0.717, 1.165) is 0 Å². The van der Waals surface area contributed by atoms with Gasteiger partial charge in [-0.05, 0) is 19.4 Å². The van der Waals surface area contributed by atoms with Gasteiger partial charge in [-0.15, -0.1) is 0 Å². The maximum Gasteiger partial charge on any atom is 0.246 e. The molecule has 0 saturated heterocycles. The summed E-state index contributed by atoms with van der Waals surface area (Å²) in [5, 5.41) is 10.5. The van der Waals surface area contributed by atoms with Crippen LogP contribution in [0, 0.1) is 10.1 Å². The third kappa shape index (κ3) is 3.05. The van der Waals surface area contributed by atoms with Crippen molar-refractivity contribution in [2.24, 2.45) is 0 Å². The highest BCUT2D eigenvalue weighted by atomic mass is 16.6. The standard InChI is InChI=1S/C10H13NO3/c1-8(2)14-10-5-3-4-9(6-7-10)11(12)13/h3-5,10H,1,6-7H2,2H3. The van der Waals surface area contributed by atoms with Crippen LogP contribution in [0.5, 0.6) is 0 Å². The van der Waals surface area contributed by atoms with Gasteiger partial charge in [0.2, 0.25) is 5.70 Å². The zero-order valence-corrected chi connectivity index (χ0v) is 8.10. The highest BCUT2D eigenvalue weighted by Gasteiger charge is 2.16. The predicted molar refractivity (Wildman–Crippen MR) is 53.1 cm³/mol. The highest BCUT2D eigenvalue weighted by molar-refractivity contribution is 5.12. The molecule has 4 nitrogen and oxygen atoms in total. The fourth-order valence-electron chi connectivity index (χ4n) is 1.27. The van der Waals surface area contributed by atoms with Crippen molar-refractivity contribution < 1.29 is 9.66 Å². The molecule has 1 rings (SSSR count). The molecular formula is C10H13NO3. The Bertz CT molecular complexity index is 304. The summed E-state index contributed by atoms with van der Waals surface area (Å²) in [6.45, 7) is 5.39. The monoisotopic (exact) mass is 195 g/mol. The zero-order valence-electron chi connectivity index (χ0n) is 8.10. The number of hydrogen-bond acceptors (Lipinski definition) is 3. The Morgan fingerprint density at radius 2 is 2.50 bits per heavy atom. The van der Waals surface area contributed by atoms with Crippen molar-refractivity contribution >= 4 is 0 Å². The minimum Gasteiger partial charge on any atom is -0.492 e. The molecular weight excluding hydrogens is 182 g/mol. The molecule has 1 atom stereocenters. The number of nitrogens with zero attached hydrogens (tertiary/aromatic N) is 1. The maximum absolute atomic E-state index is 10.5. The second kappa shape index (κ2) is 4.60. The van der Waals surface area contributed by atoms with Crippen LogP contribution in [-0.2, 0) is 4.74 Å². The van der Waals surface area contributed by atoms with Crippen LogP contribution in [0.25, 0.3) is 0 Å². The van der Waals surface area contributed by atoms with Gasteiger partial charge < -0.3 is 4.74 Å². The van der Waals surface area contributed by atoms with Crippen molar-refractivity contribution in [1.82, 2.24) is 0 Å². The average molecular weight is 195 g/mol. The van der Waals surface area contributed by atoms with Gasteiger partial charge in [-0.1, -0.05) is 12.7 Å². The number of allylic oxidation sites excluding steroid dienone is 4. The first-order chi connectivity index (χ1) is 6.59. The highest BCUT2D eigenvalue weighted by Crippen LogP contribution is 2.17. The number of rotatable bonds is 3. The van der Waals surface area contributed by atoms with E-state index in [0.29, 0.717) is 18.6 Å². The van der Waals surface area contributed by atoms with Crippen LogP contribution >= 0.6 is 0 Å². The molecule has 0 bridgehead atoms. The van der Waals surface area contributed by atoms with E-state index in [4.69, 9.17) is 4.74 Å². The summed E-state index contributed by atoms with van der Waals surface area (Å²) in [6, 6.07) is 0. The molecule has 4 heteroatoms. The topological polar surface area (TPSA) is 52.4 Å². The molecule has 1 unspecified atom stereocenters. The molecule has 0 fully saturated rings. The molecule has 0 aromatic heterocycles. The molecule has 0 amide bonds. The van der Waals surface area contributed by atoms with Crippen LogP contribution in [0.1, 0.15) is 19.8 Å². The summed E-state index contributed by atoms with van der Waals surface area (Å²) in [6.07, 6.45) is 5.95. The molecule has 0 N–H and O–H groups in total. The molecule has 1 aliphatic carbocycles. The quantitative estimate of drug-likeness (QED) is 0.394. The Balaban J connectivity index is 2.56. The first-order valence-corrected chi connectivity index (χ1v) is 4.43. The SMILES string of the molecule is C=C(C)OC1C=CC=C([N+](=O)[O-])CC1. The normalized spacial score (nSPS) is 20.9. The summed E-state index contributed by atoms with van der Waals surface area (Å²) in [7, 11) is 0. The predicted octanol–water partition coefficient (Wildman–Crippen LogP) is 2.42. The van der Waals surface area contributed by atoms with E-state index in [1.54, 1.807) is 13.0 Å². The number of ether oxygens (including phenoxy) is 1. The molecule has 0 radical (unpaired) electrons. The Morgan fingerprint density at radius 3 is 3.07 bits per heavy atom. The van der Waals surface area contributed by atoms with Gasteiger partial charge in [0, 0.05) is 12.5 Å². The van der Waals surface area contributed by atoms with Crippen LogP contribution in [0.2, 0.25) is 0 Å². The van der Waals surface area contributed by atoms with Crippen molar-refractivity contribution in [2.45, 2.75) is 25.9 Å². The molecule has 0 heterocycles. The molecule has 76 valence electrons. The van der Waals surface area contributed by atoms with E-state index < -0.39 is 0 Å². The van der Waals surface area contributed by atoms with Crippen molar-refractivity contribution in [3.8, 4) is 0 Å². The molecule has 1 aliphatic rings. The third-order valence-electron chi connectivity index (χ3n) is 1.89. The van der Waals surface area contributed by atoms with E-state index in [-0.39, 0.29) is 16.7 Å². The number of hydrogen-bond donors (Lipinski definition) is 0. The summed E-state index contributed by atoms with van der Waals surface area (Å²) in [5.41, 5.74) is 0.231. The van der Waals surface area contributed by atoms with Gasteiger partial charge in [-0.2, -0.15) is 0 Å². The molecule has 0 aromatic rings. The largest absolute Gasteiger partial charge is 0.492 e. The van der Waals surface area contributed by atoms with Crippen molar-refractivity contribution in [1.29, 1.82) is 0 Å². The van der Waals surface area contributed by atoms with Gasteiger partial charge in [-0.25, -0.2) is 0 Å². The lowest BCUT2D eigenvalue weighted by Crippen LogP contribution is -2.08. The van der Waals surface area contributed by atoms with Crippen molar-refractivity contribution in [3.05, 3.63) is 46.4 Å². The van der Waals surface area contributed by atoms with Crippen molar-refractivity contribution in [2.75, 3.05) is 0 Å². The fourth-order valence-corrected chi connectivity index (χ4v) is 1.27. The zero-order chi connectivity index (χ0) is 10.6. The third-order valence-corrected chi connectivity index (χ3v) is 1.89. The molecule has 0 aromatic carbocycles. The van der Waals surface area contributed by atoms with E-state index in [1.807, 2.05) is 6.08 Å². The van der Waals surface area contributed by atoms with E-state index >= 15 is 0 Å². The van der Waals surface area contributed by atoms with E-state index in [1.165, 1.54) is 6.08 Å². The van der Waals surface area contributed by atoms with E-state index in [9.17, 15) is 10.1 Å². The van der Waals surface area contributed by atoms with Crippen LogP contribution in [0.4, 0.5) is 0 Å². The minimum absolute atomic E-state index is 0.0961. The van der Waals surface area contributed by atoms with Gasteiger partial charge in [0.1, 0.15) is 6.10 Å². The maximum atomic E-state index is 10.5. The Morgan fingerprint density at radius 1 is 1.79 bits per heavy atom. The van der Waals surface area contributed by atoms with Crippen LogP contribution < -0.4 is 0 Å².